The second-order valence-corrected chi connectivity index (χ2v) is 16.3. The number of piperidine rings is 3. The summed E-state index contributed by atoms with van der Waals surface area (Å²) in [5.74, 6) is 2.18. The number of likely N-dealkylation sites (tertiary alicyclic amines) is 1. The smallest absolute Gasteiger partial charge is 0.262 e. The molecular formula is C40H45N9O5. The van der Waals surface area contributed by atoms with Crippen LogP contribution in [0, 0.1) is 23.7 Å². The molecule has 0 bridgehead atoms. The summed E-state index contributed by atoms with van der Waals surface area (Å²) in [5, 5.41) is 25.0. The topological polar surface area (TPSA) is 155 Å². The maximum Gasteiger partial charge on any atom is 0.262 e. The van der Waals surface area contributed by atoms with Gasteiger partial charge in [0.25, 0.3) is 11.8 Å². The highest BCUT2D eigenvalue weighted by atomic mass is 16.3. The summed E-state index contributed by atoms with van der Waals surface area (Å²) in [7, 11) is 0. The molecule has 54 heavy (non-hydrogen) atoms. The number of nitrogens with one attached hydrogen (secondary N) is 2. The molecule has 1 unspecified atom stereocenters. The Labute approximate surface area is 313 Å². The van der Waals surface area contributed by atoms with Gasteiger partial charge >= 0.3 is 0 Å². The molecule has 2 aromatic carbocycles. The molecule has 3 aromatic rings. The zero-order chi connectivity index (χ0) is 36.7. The van der Waals surface area contributed by atoms with Crippen LogP contribution in [-0.2, 0) is 9.59 Å². The van der Waals surface area contributed by atoms with E-state index in [2.05, 4.69) is 46.5 Å². The van der Waals surface area contributed by atoms with E-state index in [1.807, 2.05) is 30.3 Å². The largest absolute Gasteiger partial charge is 0.507 e. The molecule has 14 nitrogen and oxygen atoms in total. The first-order valence-electron chi connectivity index (χ1n) is 19.5. The number of fused-ring (bicyclic) bond motifs is 5. The average molecular weight is 732 g/mol. The van der Waals surface area contributed by atoms with Gasteiger partial charge in [-0.1, -0.05) is 12.1 Å². The van der Waals surface area contributed by atoms with E-state index in [9.17, 15) is 24.3 Å². The molecule has 1 aliphatic carbocycles. The number of carbonyl (C=O) groups is 4. The second kappa shape index (κ2) is 13.0. The lowest BCUT2D eigenvalue weighted by molar-refractivity contribution is -0.136. The number of benzene rings is 2. The SMILES string of the molecule is O=C1CCC(N2C(=O)c3ccc(N4CCC(CN5C[C@@H]6[C@H](C5)[C@@H]6CN5CCN6c7cc(-c8ccccc8O)nnc7NC[C@H]6C5)CC4)cc3C2=O)C(=O)N1. The van der Waals surface area contributed by atoms with Crippen LogP contribution in [0.25, 0.3) is 11.3 Å². The predicted octanol–water partition coefficient (Wildman–Crippen LogP) is 2.26. The molecule has 6 aliphatic heterocycles. The summed E-state index contributed by atoms with van der Waals surface area (Å²) >= 11 is 0. The number of piperazine rings is 1. The number of imide groups is 2. The van der Waals surface area contributed by atoms with Crippen LogP contribution in [0.1, 0.15) is 46.4 Å². The Morgan fingerprint density at radius 1 is 0.778 bits per heavy atom. The van der Waals surface area contributed by atoms with Crippen LogP contribution in [0.4, 0.5) is 17.2 Å². The van der Waals surface area contributed by atoms with Crippen molar-refractivity contribution >= 4 is 40.8 Å². The van der Waals surface area contributed by atoms with Crippen molar-refractivity contribution in [3.63, 3.8) is 0 Å². The van der Waals surface area contributed by atoms with Gasteiger partial charge in [0, 0.05) is 83.1 Å². The van der Waals surface area contributed by atoms with Crippen molar-refractivity contribution in [1.82, 2.24) is 30.2 Å². The molecule has 1 saturated carbocycles. The van der Waals surface area contributed by atoms with E-state index in [1.54, 1.807) is 12.1 Å². The Morgan fingerprint density at radius 2 is 1.57 bits per heavy atom. The number of amides is 4. The minimum absolute atomic E-state index is 0.109. The average Bonchev–Trinajstić information content (AvgIpc) is 3.49. The monoisotopic (exact) mass is 731 g/mol. The summed E-state index contributed by atoms with van der Waals surface area (Å²) in [6.45, 7) is 10.4. The summed E-state index contributed by atoms with van der Waals surface area (Å²) < 4.78 is 0. The summed E-state index contributed by atoms with van der Waals surface area (Å²) in [6.07, 6.45) is 2.44. The van der Waals surface area contributed by atoms with Crippen molar-refractivity contribution in [2.45, 2.75) is 37.8 Å². The highest BCUT2D eigenvalue weighted by molar-refractivity contribution is 6.23. The second-order valence-electron chi connectivity index (χ2n) is 16.3. The standard InChI is InChI=1S/C40H45N9O5/c50-35-4-2-1-3-27(35)32-16-34-37(44-43-32)41-17-25-19-45(13-14-48(25)34)20-29-30-21-46(22-31(29)30)18-23-9-11-47(12-10-23)24-5-6-26-28(15-24)40(54)49(39(26)53)33-7-8-36(51)42-38(33)52/h1-6,15-16,23,25,29-31,33,50H,7-14,17-22H2,(H,41,44)(H,42,51,52)/t25-,29-,30+,31-,33?/m0/s1. The van der Waals surface area contributed by atoms with E-state index < -0.39 is 23.8 Å². The van der Waals surface area contributed by atoms with E-state index in [4.69, 9.17) is 0 Å². The maximum atomic E-state index is 13.3. The van der Waals surface area contributed by atoms with Crippen molar-refractivity contribution in [2.75, 3.05) is 80.6 Å². The lowest BCUT2D eigenvalue weighted by Gasteiger charge is -2.46. The Morgan fingerprint density at radius 3 is 2.37 bits per heavy atom. The highest BCUT2D eigenvalue weighted by Gasteiger charge is 2.56. The molecule has 0 spiro atoms. The molecule has 14 heteroatoms. The van der Waals surface area contributed by atoms with Gasteiger partial charge in [-0.15, -0.1) is 10.2 Å². The van der Waals surface area contributed by atoms with Gasteiger partial charge < -0.3 is 25.1 Å². The number of aromatic hydroxyl groups is 1. The number of hydrogen-bond donors (Lipinski definition) is 3. The number of phenols is 1. The number of nitrogens with zero attached hydrogens (tertiary/aromatic N) is 7. The third-order valence-corrected chi connectivity index (χ3v) is 13.2. The van der Waals surface area contributed by atoms with Crippen LogP contribution >= 0.6 is 0 Å². The molecule has 10 rings (SSSR count). The van der Waals surface area contributed by atoms with Crippen molar-refractivity contribution in [3.05, 3.63) is 59.7 Å². The molecule has 4 saturated heterocycles. The van der Waals surface area contributed by atoms with Gasteiger partial charge in [-0.25, -0.2) is 0 Å². The Kier molecular flexibility index (Phi) is 8.09. The fraction of sp³-hybridized carbons (Fsp3) is 0.500. The van der Waals surface area contributed by atoms with E-state index >= 15 is 0 Å². The molecular weight excluding hydrogens is 686 g/mol. The first kappa shape index (κ1) is 33.5. The van der Waals surface area contributed by atoms with Gasteiger partial charge in [0.15, 0.2) is 5.82 Å². The zero-order valence-electron chi connectivity index (χ0n) is 30.2. The predicted molar refractivity (Wildman–Crippen MR) is 200 cm³/mol. The van der Waals surface area contributed by atoms with Crippen molar-refractivity contribution < 1.29 is 24.3 Å². The third kappa shape index (κ3) is 5.77. The van der Waals surface area contributed by atoms with Crippen molar-refractivity contribution in [2.24, 2.45) is 23.7 Å². The molecule has 5 atom stereocenters. The number of rotatable bonds is 7. The molecule has 280 valence electrons. The number of hydrogen-bond acceptors (Lipinski definition) is 12. The van der Waals surface area contributed by atoms with Gasteiger partial charge in [0.1, 0.15) is 11.8 Å². The van der Waals surface area contributed by atoms with E-state index in [0.717, 1.165) is 98.5 Å². The first-order valence-corrected chi connectivity index (χ1v) is 19.5. The Hall–Kier alpha value is -5.08. The van der Waals surface area contributed by atoms with Crippen LogP contribution in [0.2, 0.25) is 0 Å². The van der Waals surface area contributed by atoms with E-state index in [1.165, 1.54) is 19.6 Å². The van der Waals surface area contributed by atoms with Gasteiger partial charge in [-0.3, -0.25) is 34.3 Å². The van der Waals surface area contributed by atoms with Crippen LogP contribution in [0.15, 0.2) is 48.5 Å². The number of anilines is 3. The normalized spacial score (nSPS) is 28.4. The number of phenolic OH excluding ortho intramolecular Hbond substituents is 1. The summed E-state index contributed by atoms with van der Waals surface area (Å²) in [6, 6.07) is 14.2. The molecule has 5 fully saturated rings. The van der Waals surface area contributed by atoms with Gasteiger partial charge in [0.05, 0.1) is 28.6 Å². The third-order valence-electron chi connectivity index (χ3n) is 13.2. The van der Waals surface area contributed by atoms with Gasteiger partial charge in [-0.05, 0) is 79.3 Å². The fourth-order valence-corrected chi connectivity index (χ4v) is 10.2. The summed E-state index contributed by atoms with van der Waals surface area (Å²) in [5.41, 5.74) is 4.06. The van der Waals surface area contributed by atoms with E-state index in [0.29, 0.717) is 34.3 Å². The van der Waals surface area contributed by atoms with Crippen LogP contribution in [0.3, 0.4) is 0 Å². The fourth-order valence-electron chi connectivity index (χ4n) is 10.2. The molecule has 0 radical (unpaired) electrons. The Bertz CT molecular complexity index is 2040. The minimum Gasteiger partial charge on any atom is -0.507 e. The molecule has 4 amide bonds. The quantitative estimate of drug-likeness (QED) is 0.306. The minimum atomic E-state index is -0.950. The summed E-state index contributed by atoms with van der Waals surface area (Å²) in [4.78, 5) is 61.7. The van der Waals surface area contributed by atoms with Crippen LogP contribution in [-0.4, -0.2) is 131 Å². The zero-order valence-corrected chi connectivity index (χ0v) is 30.2. The van der Waals surface area contributed by atoms with Gasteiger partial charge in [-0.2, -0.15) is 0 Å². The van der Waals surface area contributed by atoms with Crippen molar-refractivity contribution in [1.29, 1.82) is 0 Å². The molecule has 1 aromatic heterocycles. The van der Waals surface area contributed by atoms with Crippen LogP contribution < -0.4 is 20.4 Å². The lowest BCUT2D eigenvalue weighted by Crippen LogP contribution is -2.58. The Balaban J connectivity index is 0.689. The lowest BCUT2D eigenvalue weighted by atomic mass is 9.95. The molecule has 7 aliphatic rings. The number of aromatic nitrogens is 2. The van der Waals surface area contributed by atoms with Gasteiger partial charge in [0.2, 0.25) is 11.8 Å². The highest BCUT2D eigenvalue weighted by Crippen LogP contribution is 2.52. The number of carbonyl (C=O) groups excluding carboxylic acids is 4. The number of para-hydroxylation sites is 1. The van der Waals surface area contributed by atoms with E-state index in [-0.39, 0.29) is 24.5 Å². The first-order chi connectivity index (χ1) is 26.3. The van der Waals surface area contributed by atoms with Crippen LogP contribution in [0.5, 0.6) is 5.75 Å². The maximum absolute atomic E-state index is 13.3. The molecule has 3 N–H and O–H groups in total. The van der Waals surface area contributed by atoms with Crippen molar-refractivity contribution in [3.8, 4) is 17.0 Å². The molecule has 7 heterocycles.